The minimum Gasteiger partial charge on any atom is -0.460 e. The Balaban J connectivity index is 1.81. The summed E-state index contributed by atoms with van der Waals surface area (Å²) in [4.78, 5) is 65.6. The molecule has 0 aliphatic heterocycles. The Labute approximate surface area is 266 Å². The number of esters is 2. The number of halogens is 2. The number of rotatable bonds is 11. The lowest BCUT2D eigenvalue weighted by molar-refractivity contribution is -0.156. The van der Waals surface area contributed by atoms with Crippen molar-refractivity contribution in [3.05, 3.63) is 69.3 Å². The number of amides is 2. The molecule has 0 fully saturated rings. The number of Topliss-reactive ketones (excluding diaryl/α,β-unsaturated/α-hetero) is 1. The van der Waals surface area contributed by atoms with Crippen molar-refractivity contribution in [1.29, 1.82) is 0 Å². The molecule has 44 heavy (non-hydrogen) atoms. The van der Waals surface area contributed by atoms with Crippen LogP contribution in [0.3, 0.4) is 0 Å². The number of para-hydroxylation sites is 1. The van der Waals surface area contributed by atoms with Crippen molar-refractivity contribution in [2.24, 2.45) is 13.0 Å². The molecule has 0 aliphatic carbocycles. The highest BCUT2D eigenvalue weighted by Crippen LogP contribution is 2.26. The zero-order chi connectivity index (χ0) is 32.9. The fourth-order valence-corrected chi connectivity index (χ4v) is 5.26. The van der Waals surface area contributed by atoms with E-state index in [2.05, 4.69) is 10.6 Å². The molecule has 2 aromatic carbocycles. The number of carbonyl (C=O) groups excluding carboxylic acids is 5. The smallest absolute Gasteiger partial charge is 0.341 e. The number of nitrogens with zero attached hydrogens (tertiary/aromatic N) is 1. The van der Waals surface area contributed by atoms with E-state index in [1.54, 1.807) is 52.3 Å². The van der Waals surface area contributed by atoms with Crippen LogP contribution < -0.4 is 10.6 Å². The average molecular weight is 647 g/mol. The summed E-state index contributed by atoms with van der Waals surface area (Å²) < 4.78 is 12.3. The Bertz CT molecular complexity index is 1530. The monoisotopic (exact) mass is 645 g/mol. The Kier molecular flexibility index (Phi) is 11.2. The average Bonchev–Trinajstić information content (AvgIpc) is 3.18. The molecule has 2 atom stereocenters. The topological polar surface area (TPSA) is 133 Å². The van der Waals surface area contributed by atoms with E-state index in [9.17, 15) is 24.0 Å². The highest BCUT2D eigenvalue weighted by atomic mass is 35.5. The molecular formula is C32H37Cl2N3O7. The first-order valence-corrected chi connectivity index (χ1v) is 14.8. The van der Waals surface area contributed by atoms with Crippen molar-refractivity contribution in [2.75, 3.05) is 6.61 Å². The third kappa shape index (κ3) is 8.39. The van der Waals surface area contributed by atoms with Crippen LogP contribution in [-0.2, 0) is 30.9 Å². The predicted octanol–water partition coefficient (Wildman–Crippen LogP) is 5.19. The minimum absolute atomic E-state index is 0.0328. The van der Waals surface area contributed by atoms with Gasteiger partial charge in [-0.3, -0.25) is 19.2 Å². The normalized spacial score (nSPS) is 12.9. The molecule has 0 radical (unpaired) electrons. The van der Waals surface area contributed by atoms with E-state index >= 15 is 0 Å². The zero-order valence-corrected chi connectivity index (χ0v) is 27.3. The largest absolute Gasteiger partial charge is 0.460 e. The highest BCUT2D eigenvalue weighted by Gasteiger charge is 2.33. The lowest BCUT2D eigenvalue weighted by Crippen LogP contribution is -2.55. The van der Waals surface area contributed by atoms with E-state index in [-0.39, 0.29) is 15.6 Å². The fraction of sp³-hybridized carbons (Fsp3) is 0.406. The summed E-state index contributed by atoms with van der Waals surface area (Å²) in [5.41, 5.74) is 1.02. The van der Waals surface area contributed by atoms with Crippen LogP contribution in [0, 0.1) is 12.8 Å². The first kappa shape index (κ1) is 34.6. The van der Waals surface area contributed by atoms with Gasteiger partial charge in [-0.15, -0.1) is 0 Å². The number of hydrogen-bond acceptors (Lipinski definition) is 7. The molecule has 3 rings (SSSR count). The number of aryl methyl sites for hydroxylation is 2. The summed E-state index contributed by atoms with van der Waals surface area (Å²) >= 11 is 12.1. The van der Waals surface area contributed by atoms with E-state index in [1.807, 2.05) is 31.2 Å². The van der Waals surface area contributed by atoms with Gasteiger partial charge >= 0.3 is 11.9 Å². The number of ketones is 1. The van der Waals surface area contributed by atoms with Gasteiger partial charge in [-0.05, 0) is 57.4 Å². The molecule has 2 amide bonds. The molecule has 0 bridgehead atoms. The maximum Gasteiger partial charge on any atom is 0.341 e. The molecule has 3 aromatic rings. The molecule has 0 spiro atoms. The van der Waals surface area contributed by atoms with Gasteiger partial charge in [0.15, 0.2) is 12.4 Å². The summed E-state index contributed by atoms with van der Waals surface area (Å²) in [6, 6.07) is 9.49. The first-order valence-electron chi connectivity index (χ1n) is 14.0. The van der Waals surface area contributed by atoms with Crippen molar-refractivity contribution in [3.63, 3.8) is 0 Å². The van der Waals surface area contributed by atoms with Crippen molar-refractivity contribution < 1.29 is 33.4 Å². The summed E-state index contributed by atoms with van der Waals surface area (Å²) in [5.74, 6) is -4.06. The van der Waals surface area contributed by atoms with Gasteiger partial charge in [0.1, 0.15) is 23.4 Å². The van der Waals surface area contributed by atoms with Gasteiger partial charge in [0.05, 0.1) is 22.0 Å². The molecule has 236 valence electrons. The van der Waals surface area contributed by atoms with Crippen LogP contribution >= 0.6 is 23.2 Å². The van der Waals surface area contributed by atoms with Crippen LogP contribution in [-0.4, -0.2) is 58.4 Å². The number of aromatic nitrogens is 1. The van der Waals surface area contributed by atoms with Gasteiger partial charge in [-0.25, -0.2) is 4.79 Å². The van der Waals surface area contributed by atoms with Crippen molar-refractivity contribution in [2.45, 2.75) is 65.6 Å². The molecule has 10 nitrogen and oxygen atoms in total. The fourth-order valence-electron chi connectivity index (χ4n) is 4.71. The molecule has 1 aromatic heterocycles. The summed E-state index contributed by atoms with van der Waals surface area (Å²) in [6.45, 7) is 9.49. The number of carbonyl (C=O) groups is 5. The van der Waals surface area contributed by atoms with Gasteiger partial charge in [0.2, 0.25) is 5.91 Å². The van der Waals surface area contributed by atoms with Crippen LogP contribution in [0.4, 0.5) is 0 Å². The van der Waals surface area contributed by atoms with E-state index in [4.69, 9.17) is 32.7 Å². The third-order valence-electron chi connectivity index (χ3n) is 6.82. The molecular weight excluding hydrogens is 609 g/mol. The van der Waals surface area contributed by atoms with Crippen LogP contribution in [0.1, 0.15) is 67.4 Å². The molecule has 12 heteroatoms. The SMILES string of the molecule is Cc1c(C(=O)N[C@H](C(=O)NC(CC(=O)OC(C)(C)C)C(=O)COC(=O)c2c(Cl)cccc2Cl)C(C)C)n(C)c2ccccc12. The van der Waals surface area contributed by atoms with Crippen molar-refractivity contribution in [3.8, 4) is 0 Å². The van der Waals surface area contributed by atoms with E-state index < -0.39 is 66.2 Å². The van der Waals surface area contributed by atoms with Gasteiger partial charge in [0.25, 0.3) is 5.91 Å². The molecule has 2 N–H and O–H groups in total. The number of hydrogen-bond donors (Lipinski definition) is 2. The Morgan fingerprint density at radius 1 is 0.932 bits per heavy atom. The number of ether oxygens (including phenoxy) is 2. The Morgan fingerprint density at radius 3 is 2.11 bits per heavy atom. The maximum atomic E-state index is 13.5. The highest BCUT2D eigenvalue weighted by molar-refractivity contribution is 6.39. The zero-order valence-electron chi connectivity index (χ0n) is 25.7. The van der Waals surface area contributed by atoms with E-state index in [0.717, 1.165) is 16.5 Å². The molecule has 1 unspecified atom stereocenters. The molecule has 1 heterocycles. The van der Waals surface area contributed by atoms with Gasteiger partial charge in [-0.2, -0.15) is 0 Å². The number of nitrogens with one attached hydrogen (secondary N) is 2. The minimum atomic E-state index is -1.43. The standard InChI is InChI=1S/C32H37Cl2N3O7/c1-17(2)27(36-30(41)28-18(3)19-11-8-9-14-23(19)37(28)7)29(40)35-22(15-25(39)44-32(4,5)6)24(38)16-43-31(42)26-20(33)12-10-13-21(26)34/h8-14,17,22,27H,15-16H2,1-7H3,(H,35,40)(H,36,41)/t22?,27-/m0/s1. The molecule has 0 saturated heterocycles. The van der Waals surface area contributed by atoms with Crippen LogP contribution in [0.15, 0.2) is 42.5 Å². The summed E-state index contributed by atoms with van der Waals surface area (Å²) in [5, 5.41) is 6.31. The van der Waals surface area contributed by atoms with Crippen LogP contribution in [0.2, 0.25) is 10.0 Å². The molecule has 0 aliphatic rings. The van der Waals surface area contributed by atoms with E-state index in [1.165, 1.54) is 12.1 Å². The van der Waals surface area contributed by atoms with Crippen molar-refractivity contribution >= 4 is 63.6 Å². The second-order valence-electron chi connectivity index (χ2n) is 11.7. The molecule has 0 saturated carbocycles. The lowest BCUT2D eigenvalue weighted by atomic mass is 10.0. The predicted molar refractivity (Wildman–Crippen MR) is 168 cm³/mol. The number of fused-ring (bicyclic) bond motifs is 1. The van der Waals surface area contributed by atoms with Crippen LogP contribution in [0.25, 0.3) is 10.9 Å². The Hall–Kier alpha value is -3.89. The first-order chi connectivity index (χ1) is 20.5. The second-order valence-corrected chi connectivity index (χ2v) is 12.6. The van der Waals surface area contributed by atoms with Crippen molar-refractivity contribution in [1.82, 2.24) is 15.2 Å². The summed E-state index contributed by atoms with van der Waals surface area (Å²) in [6.07, 6.45) is -0.534. The third-order valence-corrected chi connectivity index (χ3v) is 7.45. The number of benzene rings is 2. The lowest BCUT2D eigenvalue weighted by Gasteiger charge is -2.26. The van der Waals surface area contributed by atoms with Gasteiger partial charge < -0.3 is 24.7 Å². The van der Waals surface area contributed by atoms with E-state index in [0.29, 0.717) is 5.69 Å². The Morgan fingerprint density at radius 2 is 1.55 bits per heavy atom. The summed E-state index contributed by atoms with van der Waals surface area (Å²) in [7, 11) is 1.77. The second kappa shape index (κ2) is 14.3. The van der Waals surface area contributed by atoms with Gasteiger partial charge in [0, 0.05) is 18.0 Å². The quantitative estimate of drug-likeness (QED) is 0.274. The van der Waals surface area contributed by atoms with Gasteiger partial charge in [-0.1, -0.05) is 61.3 Å². The van der Waals surface area contributed by atoms with Crippen LogP contribution in [0.5, 0.6) is 0 Å². The maximum absolute atomic E-state index is 13.5.